The highest BCUT2D eigenvalue weighted by atomic mass is 32.2. The van der Waals surface area contributed by atoms with Crippen LogP contribution in [0.5, 0.6) is 0 Å². The highest BCUT2D eigenvalue weighted by Crippen LogP contribution is 2.30. The van der Waals surface area contributed by atoms with E-state index in [1.807, 2.05) is 12.1 Å². The van der Waals surface area contributed by atoms with Gasteiger partial charge in [0.2, 0.25) is 0 Å². The van der Waals surface area contributed by atoms with E-state index < -0.39 is 9.84 Å². The number of hydrogen-bond donors (Lipinski definition) is 1. The molecule has 0 aromatic heterocycles. The quantitative estimate of drug-likeness (QED) is 0.857. The Balaban J connectivity index is 2.22. The van der Waals surface area contributed by atoms with Crippen molar-refractivity contribution in [2.45, 2.75) is 24.7 Å². The summed E-state index contributed by atoms with van der Waals surface area (Å²) in [6.07, 6.45) is 2.52. The van der Waals surface area contributed by atoms with Gasteiger partial charge < -0.3 is 5.32 Å². The predicted octanol–water partition coefficient (Wildman–Crippen LogP) is 2.30. The van der Waals surface area contributed by atoms with E-state index in [1.165, 1.54) is 12.8 Å². The van der Waals surface area contributed by atoms with Crippen molar-refractivity contribution in [3.63, 3.8) is 0 Å². The molecule has 0 spiro atoms. The second kappa shape index (κ2) is 4.45. The third kappa shape index (κ3) is 2.55. The summed E-state index contributed by atoms with van der Waals surface area (Å²) in [6, 6.07) is 7.15. The van der Waals surface area contributed by atoms with Gasteiger partial charge in [-0.25, -0.2) is 8.42 Å². The molecule has 1 aliphatic rings. The van der Waals surface area contributed by atoms with Gasteiger partial charge in [0.25, 0.3) is 0 Å². The first-order chi connectivity index (χ1) is 7.63. The summed E-state index contributed by atoms with van der Waals surface area (Å²) in [5.74, 6) is 0.882. The summed E-state index contributed by atoms with van der Waals surface area (Å²) in [4.78, 5) is 0.429. The van der Waals surface area contributed by atoms with Crippen LogP contribution in [0.1, 0.15) is 19.8 Å². The maximum absolute atomic E-state index is 11.8. The van der Waals surface area contributed by atoms with E-state index in [9.17, 15) is 8.42 Å². The smallest absolute Gasteiger partial charge is 0.180 e. The molecular formula is C12H17NO2S. The van der Waals surface area contributed by atoms with Crippen LogP contribution < -0.4 is 5.32 Å². The Hall–Kier alpha value is -1.03. The lowest BCUT2D eigenvalue weighted by Crippen LogP contribution is -2.10. The third-order valence-electron chi connectivity index (χ3n) is 2.88. The van der Waals surface area contributed by atoms with Crippen molar-refractivity contribution in [1.82, 2.24) is 0 Å². The zero-order valence-corrected chi connectivity index (χ0v) is 10.3. The summed E-state index contributed by atoms with van der Waals surface area (Å²) in [6.45, 7) is 2.56. The molecule has 0 unspecified atom stereocenters. The van der Waals surface area contributed by atoms with E-state index in [2.05, 4.69) is 5.32 Å². The van der Waals surface area contributed by atoms with Gasteiger partial charge in [0.1, 0.15) is 0 Å². The second-order valence-electron chi connectivity index (χ2n) is 4.22. The summed E-state index contributed by atoms with van der Waals surface area (Å²) < 4.78 is 23.7. The van der Waals surface area contributed by atoms with Crippen LogP contribution in [0.15, 0.2) is 29.2 Å². The number of nitrogens with one attached hydrogen (secondary N) is 1. The van der Waals surface area contributed by atoms with Crippen molar-refractivity contribution in [3.05, 3.63) is 24.3 Å². The number of rotatable bonds is 5. The molecule has 88 valence electrons. The summed E-state index contributed by atoms with van der Waals surface area (Å²) in [5, 5.41) is 3.24. The topological polar surface area (TPSA) is 46.2 Å². The molecule has 1 fully saturated rings. The molecule has 1 aromatic rings. The first kappa shape index (κ1) is 11.5. The van der Waals surface area contributed by atoms with Crippen molar-refractivity contribution in [1.29, 1.82) is 0 Å². The van der Waals surface area contributed by atoms with Crippen LogP contribution in [0.3, 0.4) is 0 Å². The lowest BCUT2D eigenvalue weighted by atomic mass is 10.3. The van der Waals surface area contributed by atoms with E-state index in [0.29, 0.717) is 4.90 Å². The van der Waals surface area contributed by atoms with Gasteiger partial charge in [-0.1, -0.05) is 19.1 Å². The molecule has 2 rings (SSSR count). The highest BCUT2D eigenvalue weighted by Gasteiger charge is 2.22. The van der Waals surface area contributed by atoms with Gasteiger partial charge >= 0.3 is 0 Å². The second-order valence-corrected chi connectivity index (χ2v) is 6.47. The number of benzene rings is 1. The number of para-hydroxylation sites is 1. The molecule has 0 radical (unpaired) electrons. The van der Waals surface area contributed by atoms with E-state index in [0.717, 1.165) is 18.2 Å². The minimum Gasteiger partial charge on any atom is -0.384 e. The van der Waals surface area contributed by atoms with E-state index in [-0.39, 0.29) is 5.75 Å². The largest absolute Gasteiger partial charge is 0.384 e. The van der Waals surface area contributed by atoms with Gasteiger partial charge in [-0.3, -0.25) is 0 Å². The Kier molecular flexibility index (Phi) is 3.19. The van der Waals surface area contributed by atoms with Gasteiger partial charge in [0, 0.05) is 6.54 Å². The Morgan fingerprint density at radius 2 is 2.00 bits per heavy atom. The predicted molar refractivity (Wildman–Crippen MR) is 65.4 cm³/mol. The zero-order valence-electron chi connectivity index (χ0n) is 9.44. The molecule has 4 heteroatoms. The van der Waals surface area contributed by atoms with Gasteiger partial charge in [-0.05, 0) is 30.9 Å². The van der Waals surface area contributed by atoms with Crippen molar-refractivity contribution in [3.8, 4) is 0 Å². The van der Waals surface area contributed by atoms with Gasteiger partial charge in [-0.15, -0.1) is 0 Å². The van der Waals surface area contributed by atoms with Crippen LogP contribution in [0.4, 0.5) is 5.69 Å². The standard InChI is InChI=1S/C12H17NO2S/c1-2-16(14,15)12-6-4-3-5-11(12)13-9-10-7-8-10/h3-6,10,13H,2,7-9H2,1H3. The summed E-state index contributed by atoms with van der Waals surface area (Å²) in [5.41, 5.74) is 0.747. The van der Waals surface area contributed by atoms with Crippen LogP contribution in [0, 0.1) is 5.92 Å². The number of hydrogen-bond acceptors (Lipinski definition) is 3. The highest BCUT2D eigenvalue weighted by molar-refractivity contribution is 7.91. The van der Waals surface area contributed by atoms with Crippen molar-refractivity contribution in [2.75, 3.05) is 17.6 Å². The molecule has 1 saturated carbocycles. The SMILES string of the molecule is CCS(=O)(=O)c1ccccc1NCC1CC1. The van der Waals surface area contributed by atoms with Gasteiger partial charge in [0.15, 0.2) is 9.84 Å². The van der Waals surface area contributed by atoms with E-state index in [4.69, 9.17) is 0 Å². The molecule has 1 aliphatic carbocycles. The normalized spacial score (nSPS) is 16.1. The van der Waals surface area contributed by atoms with Crippen LogP contribution in [0.25, 0.3) is 0 Å². The van der Waals surface area contributed by atoms with Crippen molar-refractivity contribution < 1.29 is 8.42 Å². The fraction of sp³-hybridized carbons (Fsp3) is 0.500. The average Bonchev–Trinajstić information content (AvgIpc) is 3.10. The average molecular weight is 239 g/mol. The first-order valence-electron chi connectivity index (χ1n) is 5.69. The van der Waals surface area contributed by atoms with E-state index in [1.54, 1.807) is 19.1 Å². The minimum absolute atomic E-state index is 0.148. The van der Waals surface area contributed by atoms with E-state index >= 15 is 0 Å². The zero-order chi connectivity index (χ0) is 11.6. The number of anilines is 1. The lowest BCUT2D eigenvalue weighted by molar-refractivity contribution is 0.597. The molecule has 0 amide bonds. The fourth-order valence-electron chi connectivity index (χ4n) is 1.62. The molecule has 1 aromatic carbocycles. The molecule has 3 nitrogen and oxygen atoms in total. The molecule has 0 aliphatic heterocycles. The Bertz CT molecular complexity index is 464. The first-order valence-corrected chi connectivity index (χ1v) is 7.34. The minimum atomic E-state index is -3.12. The Labute approximate surface area is 96.8 Å². The number of sulfone groups is 1. The summed E-state index contributed by atoms with van der Waals surface area (Å²) >= 11 is 0. The maximum Gasteiger partial charge on any atom is 0.180 e. The molecule has 0 saturated heterocycles. The summed E-state index contributed by atoms with van der Waals surface area (Å²) in [7, 11) is -3.12. The van der Waals surface area contributed by atoms with Crippen LogP contribution in [-0.2, 0) is 9.84 Å². The lowest BCUT2D eigenvalue weighted by Gasteiger charge is -2.11. The molecule has 0 bridgehead atoms. The maximum atomic E-state index is 11.8. The van der Waals surface area contributed by atoms with Gasteiger partial charge in [-0.2, -0.15) is 0 Å². The molecule has 0 atom stereocenters. The Morgan fingerprint density at radius 3 is 2.62 bits per heavy atom. The molecular weight excluding hydrogens is 222 g/mol. The molecule has 0 heterocycles. The van der Waals surface area contributed by atoms with Gasteiger partial charge in [0.05, 0.1) is 16.3 Å². The van der Waals surface area contributed by atoms with Crippen molar-refractivity contribution >= 4 is 15.5 Å². The van der Waals surface area contributed by atoms with Crippen LogP contribution >= 0.6 is 0 Å². The third-order valence-corrected chi connectivity index (χ3v) is 4.67. The monoisotopic (exact) mass is 239 g/mol. The van der Waals surface area contributed by atoms with Crippen molar-refractivity contribution in [2.24, 2.45) is 5.92 Å². The van der Waals surface area contributed by atoms with Crippen LogP contribution in [0.2, 0.25) is 0 Å². The fourth-order valence-corrected chi connectivity index (χ4v) is 2.69. The Morgan fingerprint density at radius 1 is 1.31 bits per heavy atom. The molecule has 16 heavy (non-hydrogen) atoms. The van der Waals surface area contributed by atoms with Crippen LogP contribution in [-0.4, -0.2) is 20.7 Å². The molecule has 1 N–H and O–H groups in total.